The predicted molar refractivity (Wildman–Crippen MR) is 290 cm³/mol. The van der Waals surface area contributed by atoms with Crippen LogP contribution in [0.1, 0.15) is 97.7 Å². The van der Waals surface area contributed by atoms with Gasteiger partial charge >= 0.3 is 12.1 Å². The van der Waals surface area contributed by atoms with Gasteiger partial charge in [0.1, 0.15) is 54.9 Å². The molecule has 0 heterocycles. The maximum absolute atomic E-state index is 14.3. The molecule has 2 aromatic rings. The van der Waals surface area contributed by atoms with E-state index >= 15 is 0 Å². The number of carbonyl (C=O) groups is 10. The molecule has 0 aliphatic heterocycles. The van der Waals surface area contributed by atoms with Crippen molar-refractivity contribution < 1.29 is 73.1 Å². The molecular formula is C52H81N13O15. The van der Waals surface area contributed by atoms with Crippen molar-refractivity contribution >= 4 is 65.3 Å². The van der Waals surface area contributed by atoms with E-state index in [0.717, 1.165) is 0 Å². The van der Waals surface area contributed by atoms with Gasteiger partial charge in [0, 0.05) is 6.54 Å². The van der Waals surface area contributed by atoms with Crippen LogP contribution in [-0.4, -0.2) is 166 Å². The minimum atomic E-state index is -1.74. The van der Waals surface area contributed by atoms with Crippen LogP contribution in [0.15, 0.2) is 60.7 Å². The first-order chi connectivity index (χ1) is 37.8. The van der Waals surface area contributed by atoms with Gasteiger partial charge in [-0.2, -0.15) is 0 Å². The average Bonchev–Trinajstić information content (AvgIpc) is 3.42. The highest BCUT2D eigenvalue weighted by atomic mass is 16.5. The first-order valence-corrected chi connectivity index (χ1v) is 26.2. The van der Waals surface area contributed by atoms with Crippen LogP contribution in [0.25, 0.3) is 0 Å². The fourth-order valence-electron chi connectivity index (χ4n) is 7.62. The predicted octanol–water partition coefficient (Wildman–Crippen LogP) is -2.90. The number of nitrogens with two attached hydrogens (primary N) is 2. The number of carboxylic acids is 1. The molecule has 0 bridgehead atoms. The first-order valence-electron chi connectivity index (χ1n) is 26.2. The molecule has 444 valence electrons. The van der Waals surface area contributed by atoms with E-state index in [0.29, 0.717) is 17.5 Å². The van der Waals surface area contributed by atoms with Gasteiger partial charge in [-0.3, -0.25) is 43.8 Å². The number of benzene rings is 2. The van der Waals surface area contributed by atoms with E-state index < -0.39 is 151 Å². The molecule has 12 atom stereocenters. The van der Waals surface area contributed by atoms with E-state index in [2.05, 4.69) is 47.9 Å². The van der Waals surface area contributed by atoms with Crippen LogP contribution in [0.5, 0.6) is 0 Å². The van der Waals surface area contributed by atoms with Crippen molar-refractivity contribution in [2.75, 3.05) is 19.7 Å². The Hall–Kier alpha value is -7.95. The standard InChI is InChI=1S/C52H81N13O15/c1-8-17-33(60-49(76)41(42(69)27(3)4)64-48(75)40(37(53)32-20-14-11-15-21-32)65-52(79)80-26-31-18-12-10-13-19-31)44(71)59-34(22-16-23-56-51(54)55)45(72)62-38(28(5)9-2)47(74)63-39(30(7)67)46(73)57-24-36(68)58-29(6)43(70)61-35(25-66)50(77)78/h10-15,18-21,27-30,33-35,37-42,66-67,69H,8-9,16-17,22-26,53H2,1-7H3,(H,57,73)(H,58,68)(H,59,71)(H,60,76)(H,61,70)(H,62,72)(H,63,74)(H,64,75)(H,65,79)(H,77,78)(H4,54,55,56)/t28-,29-,30-,33-,34+,35-,37+,38-,39-,40-,41-,42?/m0/s1. The third-order valence-corrected chi connectivity index (χ3v) is 12.6. The lowest BCUT2D eigenvalue weighted by Crippen LogP contribution is -2.63. The summed E-state index contributed by atoms with van der Waals surface area (Å²) in [5, 5.41) is 72.1. The molecule has 0 fully saturated rings. The van der Waals surface area contributed by atoms with Gasteiger partial charge in [-0.25, -0.2) is 9.59 Å². The lowest BCUT2D eigenvalue weighted by Gasteiger charge is -2.31. The molecule has 1 unspecified atom stereocenters. The molecule has 19 N–H and O–H groups in total. The zero-order valence-electron chi connectivity index (χ0n) is 46.1. The molecule has 2 rings (SSSR count). The number of nitrogens with one attached hydrogen (secondary N) is 11. The highest BCUT2D eigenvalue weighted by Crippen LogP contribution is 2.17. The van der Waals surface area contributed by atoms with Gasteiger partial charge in [0.2, 0.25) is 47.3 Å². The van der Waals surface area contributed by atoms with E-state index in [-0.39, 0.29) is 44.8 Å². The van der Waals surface area contributed by atoms with Crippen molar-refractivity contribution in [1.82, 2.24) is 53.2 Å². The fraction of sp³-hybridized carbons (Fsp3) is 0.558. The quantitative estimate of drug-likeness (QED) is 0.0190. The maximum Gasteiger partial charge on any atom is 0.408 e. The van der Waals surface area contributed by atoms with Gasteiger partial charge in [-0.1, -0.05) is 108 Å². The molecule has 28 nitrogen and oxygen atoms in total. The minimum absolute atomic E-state index is 0.0267. The van der Waals surface area contributed by atoms with Crippen molar-refractivity contribution in [2.45, 2.75) is 154 Å². The Bertz CT molecular complexity index is 2380. The summed E-state index contributed by atoms with van der Waals surface area (Å²) in [7, 11) is 0. The summed E-state index contributed by atoms with van der Waals surface area (Å²) in [6.45, 7) is 8.76. The molecular weight excluding hydrogens is 1050 g/mol. The number of aliphatic hydroxyl groups excluding tert-OH is 3. The molecule has 9 amide bonds. The minimum Gasteiger partial charge on any atom is -0.480 e. The number of amides is 9. The molecule has 80 heavy (non-hydrogen) atoms. The molecule has 0 saturated heterocycles. The van der Waals surface area contributed by atoms with Crippen LogP contribution in [0.2, 0.25) is 0 Å². The molecule has 0 aromatic heterocycles. The number of ether oxygens (including phenoxy) is 1. The molecule has 0 aliphatic carbocycles. The van der Waals surface area contributed by atoms with Crippen LogP contribution in [0.3, 0.4) is 0 Å². The number of aliphatic hydroxyl groups is 3. The number of guanidine groups is 1. The van der Waals surface area contributed by atoms with E-state index in [1.54, 1.807) is 95.3 Å². The molecule has 0 radical (unpaired) electrons. The van der Waals surface area contributed by atoms with Gasteiger partial charge in [-0.05, 0) is 56.1 Å². The molecule has 28 heteroatoms. The van der Waals surface area contributed by atoms with Crippen molar-refractivity contribution in [1.29, 1.82) is 5.41 Å². The van der Waals surface area contributed by atoms with E-state index in [9.17, 15) is 63.3 Å². The molecule has 0 saturated carbocycles. The van der Waals surface area contributed by atoms with E-state index in [4.69, 9.17) is 26.7 Å². The summed E-state index contributed by atoms with van der Waals surface area (Å²) in [6, 6.07) is 3.60. The Balaban J connectivity index is 2.37. The normalized spacial score (nSPS) is 15.6. The summed E-state index contributed by atoms with van der Waals surface area (Å²) < 4.78 is 5.37. The highest BCUT2D eigenvalue weighted by Gasteiger charge is 2.39. The zero-order valence-corrected chi connectivity index (χ0v) is 46.1. The SMILES string of the molecule is CCC[C@H](NC(=O)[C@@H](NC(=O)[C@@H](NC(=O)OCc1ccccc1)[C@H](N)c1ccccc1)C(O)C(C)C)C(=O)N[C@H](CCCNC(=N)N)C(=O)N[C@H](C(=O)N[C@H](C(=O)NCC(=O)N[C@@H](C)C(=O)N[C@@H](CO)C(=O)O)[C@H](C)O)[C@@H](C)CC. The van der Waals surface area contributed by atoms with Crippen LogP contribution >= 0.6 is 0 Å². The summed E-state index contributed by atoms with van der Waals surface area (Å²) in [6.07, 6.45) is -3.63. The third kappa shape index (κ3) is 23.2. The number of rotatable bonds is 34. The Morgan fingerprint density at radius 1 is 0.613 bits per heavy atom. The highest BCUT2D eigenvalue weighted by molar-refractivity contribution is 5.98. The van der Waals surface area contributed by atoms with Crippen molar-refractivity contribution in [3.8, 4) is 0 Å². The third-order valence-electron chi connectivity index (χ3n) is 12.6. The molecule has 0 aliphatic rings. The van der Waals surface area contributed by atoms with Gasteiger partial charge in [0.05, 0.1) is 31.4 Å². The summed E-state index contributed by atoms with van der Waals surface area (Å²) in [4.78, 5) is 134. The summed E-state index contributed by atoms with van der Waals surface area (Å²) >= 11 is 0. The number of aliphatic carboxylic acids is 1. The molecule has 0 spiro atoms. The number of carbonyl (C=O) groups excluding carboxylic acids is 9. The topological polar surface area (TPSA) is 457 Å². The number of alkyl carbamates (subject to hydrolysis) is 1. The fourth-order valence-corrected chi connectivity index (χ4v) is 7.62. The van der Waals surface area contributed by atoms with E-state index in [1.807, 2.05) is 5.32 Å². The number of carboxylic acid groups (broad SMARTS) is 1. The second-order valence-corrected chi connectivity index (χ2v) is 19.4. The largest absolute Gasteiger partial charge is 0.480 e. The average molecular weight is 1130 g/mol. The lowest BCUT2D eigenvalue weighted by molar-refractivity contribution is -0.143. The van der Waals surface area contributed by atoms with Crippen LogP contribution in [0, 0.1) is 17.2 Å². The van der Waals surface area contributed by atoms with Gasteiger partial charge in [-0.15, -0.1) is 0 Å². The lowest BCUT2D eigenvalue weighted by atomic mass is 9.96. The maximum atomic E-state index is 14.3. The zero-order chi connectivity index (χ0) is 60.2. The van der Waals surface area contributed by atoms with Crippen LogP contribution in [-0.2, 0) is 54.5 Å². The van der Waals surface area contributed by atoms with Crippen LogP contribution in [0.4, 0.5) is 4.79 Å². The second kappa shape index (κ2) is 34.8. The molecule has 2 aromatic carbocycles. The van der Waals surface area contributed by atoms with Crippen molar-refractivity contribution in [3.05, 3.63) is 71.8 Å². The Kier molecular flexibility index (Phi) is 29.7. The van der Waals surface area contributed by atoms with Gasteiger partial charge in [0.25, 0.3) is 0 Å². The summed E-state index contributed by atoms with van der Waals surface area (Å²) in [5.74, 6) is -10.9. The van der Waals surface area contributed by atoms with Crippen LogP contribution < -0.4 is 64.6 Å². The van der Waals surface area contributed by atoms with Gasteiger partial charge in [0.15, 0.2) is 5.96 Å². The second-order valence-electron chi connectivity index (χ2n) is 19.4. The monoisotopic (exact) mass is 1130 g/mol. The van der Waals surface area contributed by atoms with Gasteiger partial charge < -0.3 is 89.8 Å². The smallest absolute Gasteiger partial charge is 0.408 e. The van der Waals surface area contributed by atoms with E-state index in [1.165, 1.54) is 13.8 Å². The van der Waals surface area contributed by atoms with Crippen molar-refractivity contribution in [3.63, 3.8) is 0 Å². The summed E-state index contributed by atoms with van der Waals surface area (Å²) in [5.41, 5.74) is 13.1. The number of hydrogen-bond acceptors (Lipinski definition) is 16. The number of hydrogen-bond donors (Lipinski definition) is 17. The van der Waals surface area contributed by atoms with Crippen molar-refractivity contribution in [2.24, 2.45) is 23.3 Å². The Morgan fingerprint density at radius 3 is 1.69 bits per heavy atom. The first kappa shape index (κ1) is 68.2. The Morgan fingerprint density at radius 2 is 1.14 bits per heavy atom. The Labute approximate surface area is 464 Å².